The van der Waals surface area contributed by atoms with Crippen molar-refractivity contribution in [3.8, 4) is 5.88 Å². The summed E-state index contributed by atoms with van der Waals surface area (Å²) in [6.45, 7) is 10.2. The first-order chi connectivity index (χ1) is 7.92. The van der Waals surface area contributed by atoms with Gasteiger partial charge in [0.15, 0.2) is 0 Å². The van der Waals surface area contributed by atoms with Crippen LogP contribution >= 0.6 is 0 Å². The summed E-state index contributed by atoms with van der Waals surface area (Å²) in [5.41, 5.74) is 2.56. The Morgan fingerprint density at radius 2 is 2.00 bits per heavy atom. The van der Waals surface area contributed by atoms with Crippen LogP contribution in [0.25, 0.3) is 0 Å². The van der Waals surface area contributed by atoms with E-state index in [0.717, 1.165) is 31.1 Å². The standard InChI is InChI=1S/C14H24N2O/c1-11-12(10-15-5)6-7-13(16-11)17-9-8-14(2,3)4/h6-7,15H,8-10H2,1-5H3. The van der Waals surface area contributed by atoms with Crippen LogP contribution in [0, 0.1) is 12.3 Å². The van der Waals surface area contributed by atoms with E-state index in [9.17, 15) is 0 Å². The Morgan fingerprint density at radius 1 is 1.29 bits per heavy atom. The molecule has 0 aliphatic rings. The molecule has 1 aromatic rings. The fourth-order valence-electron chi connectivity index (χ4n) is 1.49. The summed E-state index contributed by atoms with van der Waals surface area (Å²) in [5, 5.41) is 3.13. The number of aryl methyl sites for hydroxylation is 1. The molecule has 0 aliphatic heterocycles. The van der Waals surface area contributed by atoms with Gasteiger partial charge in [-0.2, -0.15) is 0 Å². The number of pyridine rings is 1. The maximum Gasteiger partial charge on any atom is 0.213 e. The van der Waals surface area contributed by atoms with Crippen LogP contribution in [0.2, 0.25) is 0 Å². The van der Waals surface area contributed by atoms with Crippen molar-refractivity contribution in [3.63, 3.8) is 0 Å². The van der Waals surface area contributed by atoms with E-state index in [1.165, 1.54) is 5.56 Å². The molecule has 0 aliphatic carbocycles. The fourth-order valence-corrected chi connectivity index (χ4v) is 1.49. The third-order valence-corrected chi connectivity index (χ3v) is 2.64. The van der Waals surface area contributed by atoms with Crippen LogP contribution < -0.4 is 10.1 Å². The Hall–Kier alpha value is -1.09. The molecule has 0 unspecified atom stereocenters. The van der Waals surface area contributed by atoms with E-state index in [4.69, 9.17) is 4.74 Å². The van der Waals surface area contributed by atoms with Crippen LogP contribution in [-0.4, -0.2) is 18.6 Å². The van der Waals surface area contributed by atoms with E-state index < -0.39 is 0 Å². The van der Waals surface area contributed by atoms with Crippen LogP contribution in [0.15, 0.2) is 12.1 Å². The van der Waals surface area contributed by atoms with Gasteiger partial charge in [0.25, 0.3) is 0 Å². The zero-order chi connectivity index (χ0) is 12.9. The van der Waals surface area contributed by atoms with Crippen molar-refractivity contribution in [1.29, 1.82) is 0 Å². The van der Waals surface area contributed by atoms with Crippen molar-refractivity contribution >= 4 is 0 Å². The number of ether oxygens (including phenoxy) is 1. The number of aromatic nitrogens is 1. The zero-order valence-corrected chi connectivity index (χ0v) is 11.6. The summed E-state index contributed by atoms with van der Waals surface area (Å²) in [7, 11) is 1.94. The molecule has 96 valence electrons. The van der Waals surface area contributed by atoms with Crippen LogP contribution in [0.3, 0.4) is 0 Å². The summed E-state index contributed by atoms with van der Waals surface area (Å²) >= 11 is 0. The molecule has 0 aromatic carbocycles. The predicted octanol–water partition coefficient (Wildman–Crippen LogP) is 2.92. The lowest BCUT2D eigenvalue weighted by atomic mass is 9.93. The van der Waals surface area contributed by atoms with E-state index in [2.05, 4.69) is 37.1 Å². The van der Waals surface area contributed by atoms with Gasteiger partial charge in [-0.15, -0.1) is 0 Å². The smallest absolute Gasteiger partial charge is 0.213 e. The second-order valence-electron chi connectivity index (χ2n) is 5.58. The van der Waals surface area contributed by atoms with Gasteiger partial charge in [-0.1, -0.05) is 26.8 Å². The van der Waals surface area contributed by atoms with Gasteiger partial charge in [-0.3, -0.25) is 0 Å². The normalized spacial score (nSPS) is 11.6. The fraction of sp³-hybridized carbons (Fsp3) is 0.643. The van der Waals surface area contributed by atoms with Crippen molar-refractivity contribution in [2.75, 3.05) is 13.7 Å². The lowest BCUT2D eigenvalue weighted by Gasteiger charge is -2.18. The third kappa shape index (κ3) is 5.18. The van der Waals surface area contributed by atoms with Gasteiger partial charge in [0.05, 0.1) is 6.61 Å². The van der Waals surface area contributed by atoms with E-state index in [1.54, 1.807) is 0 Å². The monoisotopic (exact) mass is 236 g/mol. The SMILES string of the molecule is CNCc1ccc(OCCC(C)(C)C)nc1C. The van der Waals surface area contributed by atoms with Gasteiger partial charge < -0.3 is 10.1 Å². The molecule has 3 heteroatoms. The first kappa shape index (κ1) is 14.0. The average Bonchev–Trinajstić information content (AvgIpc) is 2.20. The molecule has 17 heavy (non-hydrogen) atoms. The molecule has 1 heterocycles. The Labute approximate surface area is 105 Å². The molecule has 0 fully saturated rings. The van der Waals surface area contributed by atoms with Crippen LogP contribution in [0.1, 0.15) is 38.4 Å². The average molecular weight is 236 g/mol. The number of nitrogens with one attached hydrogen (secondary N) is 1. The molecule has 1 rings (SSSR count). The molecule has 0 saturated heterocycles. The van der Waals surface area contributed by atoms with Crippen molar-refractivity contribution in [2.45, 2.75) is 40.7 Å². The van der Waals surface area contributed by atoms with Gasteiger partial charge in [0.1, 0.15) is 0 Å². The second kappa shape index (κ2) is 6.01. The molecular weight excluding hydrogens is 212 g/mol. The lowest BCUT2D eigenvalue weighted by molar-refractivity contribution is 0.236. The number of rotatable bonds is 5. The molecule has 0 atom stereocenters. The first-order valence-electron chi connectivity index (χ1n) is 6.16. The molecule has 0 radical (unpaired) electrons. The second-order valence-corrected chi connectivity index (χ2v) is 5.58. The van der Waals surface area contributed by atoms with Crippen LogP contribution in [0.4, 0.5) is 0 Å². The van der Waals surface area contributed by atoms with E-state index in [-0.39, 0.29) is 0 Å². The third-order valence-electron chi connectivity index (χ3n) is 2.64. The number of hydrogen-bond acceptors (Lipinski definition) is 3. The minimum Gasteiger partial charge on any atom is -0.478 e. The topological polar surface area (TPSA) is 34.1 Å². The Morgan fingerprint density at radius 3 is 2.53 bits per heavy atom. The molecule has 0 amide bonds. The zero-order valence-electron chi connectivity index (χ0n) is 11.6. The Balaban J connectivity index is 2.53. The minimum absolute atomic E-state index is 0.307. The highest BCUT2D eigenvalue weighted by Gasteiger charge is 2.10. The molecular formula is C14H24N2O. The number of nitrogens with zero attached hydrogens (tertiary/aromatic N) is 1. The predicted molar refractivity (Wildman–Crippen MR) is 71.3 cm³/mol. The van der Waals surface area contributed by atoms with Crippen LogP contribution in [0.5, 0.6) is 5.88 Å². The molecule has 1 aromatic heterocycles. The molecule has 0 bridgehead atoms. The maximum atomic E-state index is 5.66. The largest absolute Gasteiger partial charge is 0.478 e. The van der Waals surface area contributed by atoms with Gasteiger partial charge >= 0.3 is 0 Å². The van der Waals surface area contributed by atoms with Crippen molar-refractivity contribution in [1.82, 2.24) is 10.3 Å². The van der Waals surface area contributed by atoms with Crippen LogP contribution in [-0.2, 0) is 6.54 Å². The Kier molecular flexibility index (Phi) is 4.94. The van der Waals surface area contributed by atoms with Gasteiger partial charge in [0, 0.05) is 18.3 Å². The van der Waals surface area contributed by atoms with E-state index in [0.29, 0.717) is 5.41 Å². The first-order valence-corrected chi connectivity index (χ1v) is 6.16. The summed E-state index contributed by atoms with van der Waals surface area (Å²) < 4.78 is 5.66. The highest BCUT2D eigenvalue weighted by molar-refractivity contribution is 5.24. The highest BCUT2D eigenvalue weighted by Crippen LogP contribution is 2.19. The molecule has 3 nitrogen and oxygen atoms in total. The number of hydrogen-bond donors (Lipinski definition) is 1. The quantitative estimate of drug-likeness (QED) is 0.853. The van der Waals surface area contributed by atoms with E-state index in [1.807, 2.05) is 20.0 Å². The van der Waals surface area contributed by atoms with Crippen molar-refractivity contribution < 1.29 is 4.74 Å². The Bertz CT molecular complexity index is 356. The lowest BCUT2D eigenvalue weighted by Crippen LogP contribution is -2.12. The summed E-state index contributed by atoms with van der Waals surface area (Å²) in [5.74, 6) is 0.728. The summed E-state index contributed by atoms with van der Waals surface area (Å²) in [6, 6.07) is 4.02. The summed E-state index contributed by atoms with van der Waals surface area (Å²) in [4.78, 5) is 4.45. The maximum absolute atomic E-state index is 5.66. The molecule has 0 saturated carbocycles. The molecule has 1 N–H and O–H groups in total. The molecule has 0 spiro atoms. The summed E-state index contributed by atoms with van der Waals surface area (Å²) in [6.07, 6.45) is 1.03. The van der Waals surface area contributed by atoms with Gasteiger partial charge in [0.2, 0.25) is 5.88 Å². The van der Waals surface area contributed by atoms with E-state index >= 15 is 0 Å². The highest BCUT2D eigenvalue weighted by atomic mass is 16.5. The minimum atomic E-state index is 0.307. The van der Waals surface area contributed by atoms with Crippen molar-refractivity contribution in [3.05, 3.63) is 23.4 Å². The van der Waals surface area contributed by atoms with Gasteiger partial charge in [-0.25, -0.2) is 4.98 Å². The van der Waals surface area contributed by atoms with Crippen molar-refractivity contribution in [2.24, 2.45) is 5.41 Å². The van der Waals surface area contributed by atoms with Gasteiger partial charge in [-0.05, 0) is 31.4 Å².